The zero-order chi connectivity index (χ0) is 17.1. The van der Waals surface area contributed by atoms with Gasteiger partial charge >= 0.3 is 0 Å². The van der Waals surface area contributed by atoms with Gasteiger partial charge in [0.2, 0.25) is 5.91 Å². The Kier molecular flexibility index (Phi) is 8.35. The number of carbonyl (C=O) groups excluding carboxylic acids is 1. The minimum absolute atomic E-state index is 0. The molecule has 2 saturated heterocycles. The Morgan fingerprint density at radius 1 is 1.26 bits per heavy atom. The van der Waals surface area contributed by atoms with Crippen molar-refractivity contribution in [2.75, 3.05) is 19.6 Å². The van der Waals surface area contributed by atoms with Crippen LogP contribution < -0.4 is 16.0 Å². The summed E-state index contributed by atoms with van der Waals surface area (Å²) in [5.41, 5.74) is 2.15. The van der Waals surface area contributed by atoms with Crippen molar-refractivity contribution in [3.63, 3.8) is 0 Å². The molecule has 4 rings (SSSR count). The summed E-state index contributed by atoms with van der Waals surface area (Å²) < 4.78 is 1.84. The molecule has 150 valence electrons. The quantitative estimate of drug-likeness (QED) is 0.678. The minimum Gasteiger partial charge on any atom is -0.352 e. The van der Waals surface area contributed by atoms with Gasteiger partial charge in [0.1, 0.15) is 0 Å². The normalized spacial score (nSPS) is 23.9. The highest BCUT2D eigenvalue weighted by Gasteiger charge is 2.32. The number of fused-ring (bicyclic) bond motifs is 3. The molecular formula is C19H29Cl2N5O. The van der Waals surface area contributed by atoms with E-state index in [-0.39, 0.29) is 30.7 Å². The van der Waals surface area contributed by atoms with Crippen molar-refractivity contribution < 1.29 is 4.79 Å². The summed E-state index contributed by atoms with van der Waals surface area (Å²) in [5.74, 6) is 1.66. The van der Waals surface area contributed by atoms with Crippen LogP contribution in [-0.2, 0) is 11.3 Å². The second kappa shape index (κ2) is 10.3. The molecule has 2 aromatic rings. The van der Waals surface area contributed by atoms with Crippen molar-refractivity contribution in [2.24, 2.45) is 11.8 Å². The van der Waals surface area contributed by atoms with E-state index in [2.05, 4.69) is 21.0 Å². The maximum atomic E-state index is 12.2. The van der Waals surface area contributed by atoms with E-state index in [1.54, 1.807) is 6.20 Å². The van der Waals surface area contributed by atoms with Gasteiger partial charge in [0.05, 0.1) is 5.52 Å². The van der Waals surface area contributed by atoms with Gasteiger partial charge in [0.25, 0.3) is 0 Å². The van der Waals surface area contributed by atoms with Gasteiger partial charge in [-0.2, -0.15) is 5.10 Å². The maximum absolute atomic E-state index is 12.2. The smallest absolute Gasteiger partial charge is 0.220 e. The van der Waals surface area contributed by atoms with Crippen LogP contribution >= 0.6 is 24.8 Å². The lowest BCUT2D eigenvalue weighted by Crippen LogP contribution is -2.54. The number of aromatic nitrogens is 2. The number of hydrogen-bond donors (Lipinski definition) is 3. The van der Waals surface area contributed by atoms with Gasteiger partial charge in [0, 0.05) is 31.4 Å². The molecule has 0 radical (unpaired) electrons. The van der Waals surface area contributed by atoms with Crippen LogP contribution in [0.3, 0.4) is 0 Å². The van der Waals surface area contributed by atoms with Gasteiger partial charge in [0.15, 0.2) is 0 Å². The molecule has 27 heavy (non-hydrogen) atoms. The summed E-state index contributed by atoms with van der Waals surface area (Å²) in [6.45, 7) is 3.96. The summed E-state index contributed by atoms with van der Waals surface area (Å²) >= 11 is 0. The van der Waals surface area contributed by atoms with Crippen molar-refractivity contribution >= 4 is 36.2 Å². The number of nitrogens with zero attached hydrogens (tertiary/aromatic N) is 2. The largest absolute Gasteiger partial charge is 0.352 e. The molecule has 0 saturated carbocycles. The molecule has 8 heteroatoms. The first-order valence-corrected chi connectivity index (χ1v) is 9.41. The van der Waals surface area contributed by atoms with Crippen LogP contribution in [0.15, 0.2) is 30.6 Å². The Morgan fingerprint density at radius 2 is 2.15 bits per heavy atom. The second-order valence-corrected chi connectivity index (χ2v) is 7.40. The molecule has 0 aliphatic carbocycles. The van der Waals surface area contributed by atoms with Crippen LogP contribution in [0.25, 0.3) is 5.52 Å². The Bertz CT molecular complexity index is 738. The third-order valence-corrected chi connectivity index (χ3v) is 5.63. The molecular weight excluding hydrogens is 385 g/mol. The molecule has 3 atom stereocenters. The van der Waals surface area contributed by atoms with E-state index >= 15 is 0 Å². The highest BCUT2D eigenvalue weighted by Crippen LogP contribution is 2.26. The summed E-state index contributed by atoms with van der Waals surface area (Å²) in [6.07, 6.45) is 7.67. The van der Waals surface area contributed by atoms with Gasteiger partial charge in [-0.3, -0.25) is 4.79 Å². The lowest BCUT2D eigenvalue weighted by Gasteiger charge is -2.41. The third kappa shape index (κ3) is 5.35. The second-order valence-electron chi connectivity index (χ2n) is 7.40. The van der Waals surface area contributed by atoms with Crippen molar-refractivity contribution in [1.82, 2.24) is 25.6 Å². The standard InChI is InChI=1S/C19H27N5O.2ClH/c25-19(22-13-15-3-2-8-24-18(15)6-7-23-24)5-1-4-17-16-9-14(11-21-17)10-20-12-16;;/h2-3,6-8,14,16-17,20-21H,1,4-5,9-13H2,(H,22,25);2*1H/t14-,16+,17-;;/m0../s1. The molecule has 2 aliphatic rings. The van der Waals surface area contributed by atoms with Crippen molar-refractivity contribution in [3.05, 3.63) is 36.2 Å². The van der Waals surface area contributed by atoms with E-state index in [4.69, 9.17) is 0 Å². The molecule has 6 nitrogen and oxygen atoms in total. The number of halogens is 2. The lowest BCUT2D eigenvalue weighted by atomic mass is 9.80. The van der Waals surface area contributed by atoms with E-state index in [0.29, 0.717) is 19.0 Å². The third-order valence-electron chi connectivity index (χ3n) is 5.63. The highest BCUT2D eigenvalue weighted by molar-refractivity contribution is 5.85. The molecule has 0 unspecified atom stereocenters. The molecule has 2 aromatic heterocycles. The fraction of sp³-hybridized carbons (Fsp3) is 0.579. The van der Waals surface area contributed by atoms with Crippen molar-refractivity contribution in [2.45, 2.75) is 38.3 Å². The topological polar surface area (TPSA) is 70.5 Å². The van der Waals surface area contributed by atoms with Gasteiger partial charge in [-0.1, -0.05) is 6.07 Å². The average Bonchev–Trinajstić information content (AvgIpc) is 3.11. The minimum atomic E-state index is 0. The van der Waals surface area contributed by atoms with Gasteiger partial charge in [-0.05, 0) is 68.4 Å². The van der Waals surface area contributed by atoms with Crippen molar-refractivity contribution in [3.8, 4) is 0 Å². The zero-order valence-electron chi connectivity index (χ0n) is 15.4. The fourth-order valence-electron chi connectivity index (χ4n) is 4.28. The maximum Gasteiger partial charge on any atom is 0.220 e. The Morgan fingerprint density at radius 3 is 3.04 bits per heavy atom. The molecule has 3 N–H and O–H groups in total. The number of nitrogens with one attached hydrogen (secondary N) is 3. The lowest BCUT2D eigenvalue weighted by molar-refractivity contribution is -0.121. The molecule has 1 amide bonds. The number of pyridine rings is 1. The summed E-state index contributed by atoms with van der Waals surface area (Å²) in [5, 5.41) is 14.5. The van der Waals surface area contributed by atoms with Gasteiger partial charge in [-0.15, -0.1) is 24.8 Å². The molecule has 2 fully saturated rings. The molecule has 2 bridgehead atoms. The number of rotatable bonds is 6. The SMILES string of the molecule is Cl.Cl.O=C(CCC[C@@H]1NC[C@@H]2CNC[C@H]1C2)NCc1cccn2nccc12. The first-order valence-electron chi connectivity index (χ1n) is 9.41. The average molecular weight is 414 g/mol. The van der Waals surface area contributed by atoms with Crippen LogP contribution in [0, 0.1) is 11.8 Å². The number of piperidine rings is 2. The number of hydrogen-bond acceptors (Lipinski definition) is 4. The zero-order valence-corrected chi connectivity index (χ0v) is 17.0. The summed E-state index contributed by atoms with van der Waals surface area (Å²) in [7, 11) is 0. The summed E-state index contributed by atoms with van der Waals surface area (Å²) in [6, 6.07) is 6.54. The van der Waals surface area contributed by atoms with Crippen LogP contribution in [0.1, 0.15) is 31.2 Å². The van der Waals surface area contributed by atoms with E-state index in [1.165, 1.54) is 6.42 Å². The van der Waals surface area contributed by atoms with Crippen LogP contribution in [0.5, 0.6) is 0 Å². The van der Waals surface area contributed by atoms with Crippen molar-refractivity contribution in [1.29, 1.82) is 0 Å². The predicted octanol–water partition coefficient (Wildman–Crippen LogP) is 2.16. The monoisotopic (exact) mass is 413 g/mol. The Labute approximate surface area is 172 Å². The number of carbonyl (C=O) groups is 1. The highest BCUT2D eigenvalue weighted by atomic mass is 35.5. The predicted molar refractivity (Wildman–Crippen MR) is 112 cm³/mol. The molecule has 2 aliphatic heterocycles. The molecule has 0 aromatic carbocycles. The first kappa shape index (κ1) is 22.0. The van der Waals surface area contributed by atoms with E-state index in [9.17, 15) is 4.79 Å². The van der Waals surface area contributed by atoms with Gasteiger partial charge in [-0.25, -0.2) is 4.52 Å². The van der Waals surface area contributed by atoms with Gasteiger partial charge < -0.3 is 16.0 Å². The van der Waals surface area contributed by atoms with Crippen LogP contribution in [0.4, 0.5) is 0 Å². The Balaban J connectivity index is 0.00000131. The fourth-order valence-corrected chi connectivity index (χ4v) is 4.28. The molecule has 0 spiro atoms. The number of amides is 1. The van der Waals surface area contributed by atoms with Crippen LogP contribution in [-0.4, -0.2) is 41.2 Å². The van der Waals surface area contributed by atoms with Crippen LogP contribution in [0.2, 0.25) is 0 Å². The van der Waals surface area contributed by atoms with E-state index in [1.807, 2.05) is 28.9 Å². The molecule has 4 heterocycles. The van der Waals surface area contributed by atoms with E-state index in [0.717, 1.165) is 55.4 Å². The first-order chi connectivity index (χ1) is 12.3. The summed E-state index contributed by atoms with van der Waals surface area (Å²) in [4.78, 5) is 12.2. The Hall–Kier alpha value is -1.34. The van der Waals surface area contributed by atoms with E-state index < -0.39 is 0 Å².